The summed E-state index contributed by atoms with van der Waals surface area (Å²) in [6, 6.07) is 5.49. The molecule has 1 aromatic carbocycles. The molecule has 0 saturated heterocycles. The second kappa shape index (κ2) is 13.8. The van der Waals surface area contributed by atoms with Gasteiger partial charge in [0.2, 0.25) is 21.7 Å². The Morgan fingerprint density at radius 2 is 1.94 bits per heavy atom. The summed E-state index contributed by atoms with van der Waals surface area (Å²) < 4.78 is 28.2. The van der Waals surface area contributed by atoms with E-state index in [-0.39, 0.29) is 30.2 Å². The molecule has 0 saturated carbocycles. The first kappa shape index (κ1) is 29.1. The monoisotopic (exact) mass is 517 g/mol. The highest BCUT2D eigenvalue weighted by Gasteiger charge is 2.32. The van der Waals surface area contributed by atoms with Gasteiger partial charge in [-0.25, -0.2) is 13.4 Å². The van der Waals surface area contributed by atoms with Crippen molar-refractivity contribution in [2.45, 2.75) is 62.9 Å². The van der Waals surface area contributed by atoms with E-state index in [1.165, 1.54) is 12.1 Å². The van der Waals surface area contributed by atoms with Crippen LogP contribution in [-0.4, -0.2) is 63.2 Å². The third-order valence-corrected chi connectivity index (χ3v) is 7.05. The number of benzene rings is 1. The number of amides is 2. The molecule has 11 heteroatoms. The molecule has 10 nitrogen and oxygen atoms in total. The van der Waals surface area contributed by atoms with Gasteiger partial charge >= 0.3 is 0 Å². The van der Waals surface area contributed by atoms with Gasteiger partial charge in [-0.05, 0) is 49.8 Å². The van der Waals surface area contributed by atoms with Gasteiger partial charge < -0.3 is 10.6 Å². The van der Waals surface area contributed by atoms with E-state index in [1.807, 2.05) is 13.8 Å². The number of carbonyl (C=O) groups excluding carboxylic acids is 3. The van der Waals surface area contributed by atoms with Crippen LogP contribution in [0, 0.1) is 5.92 Å². The van der Waals surface area contributed by atoms with Crippen LogP contribution in [0.2, 0.25) is 0 Å². The Balaban J connectivity index is 2.24. The molecule has 1 aliphatic heterocycles. The van der Waals surface area contributed by atoms with Crippen LogP contribution in [0.25, 0.3) is 0 Å². The molecule has 196 valence electrons. The molecule has 0 spiro atoms. The predicted molar refractivity (Wildman–Crippen MR) is 139 cm³/mol. The lowest BCUT2D eigenvalue weighted by Crippen LogP contribution is -2.54. The molecule has 1 heterocycles. The van der Waals surface area contributed by atoms with Crippen LogP contribution in [0.1, 0.15) is 46.0 Å². The molecule has 0 fully saturated rings. The van der Waals surface area contributed by atoms with E-state index in [4.69, 9.17) is 0 Å². The summed E-state index contributed by atoms with van der Waals surface area (Å²) in [7, 11) is -2.38. The van der Waals surface area contributed by atoms with Gasteiger partial charge in [0, 0.05) is 25.7 Å². The molecule has 0 bridgehead atoms. The third-order valence-electron chi connectivity index (χ3n) is 5.56. The van der Waals surface area contributed by atoms with E-state index in [1.54, 1.807) is 31.3 Å². The summed E-state index contributed by atoms with van der Waals surface area (Å²) in [5.41, 5.74) is 0.688. The first-order valence-electron chi connectivity index (χ1n) is 11.9. The predicted octanol–water partition coefficient (Wildman–Crippen LogP) is 1.78. The Kier molecular flexibility index (Phi) is 11.1. The molecule has 2 atom stereocenters. The minimum Gasteiger partial charge on any atom is -0.349 e. The minimum absolute atomic E-state index is 0.0182. The summed E-state index contributed by atoms with van der Waals surface area (Å²) in [6.45, 7) is 7.63. The first-order valence-corrected chi connectivity index (χ1v) is 13.4. The minimum atomic E-state index is -3.98. The molecule has 3 N–H and O–H groups in total. The topological polar surface area (TPSA) is 146 Å². The molecule has 1 aromatic rings. The first-order chi connectivity index (χ1) is 17.1. The zero-order valence-electron chi connectivity index (χ0n) is 21.0. The second-order valence-electron chi connectivity index (χ2n) is 8.89. The van der Waals surface area contributed by atoms with E-state index in [0.717, 1.165) is 0 Å². The maximum absolute atomic E-state index is 13.2. The van der Waals surface area contributed by atoms with Crippen LogP contribution in [-0.2, 0) is 24.4 Å². The second-order valence-corrected chi connectivity index (χ2v) is 10.6. The summed E-state index contributed by atoms with van der Waals surface area (Å²) in [5.74, 6) is -1.76. The summed E-state index contributed by atoms with van der Waals surface area (Å²) >= 11 is 0. The summed E-state index contributed by atoms with van der Waals surface area (Å²) in [4.78, 5) is 47.2. The van der Waals surface area contributed by atoms with E-state index >= 15 is 0 Å². The van der Waals surface area contributed by atoms with Crippen LogP contribution < -0.4 is 15.4 Å². The van der Waals surface area contributed by atoms with Gasteiger partial charge in [0.05, 0.1) is 10.9 Å². The van der Waals surface area contributed by atoms with Crippen LogP contribution in [0.3, 0.4) is 0 Å². The van der Waals surface area contributed by atoms with Gasteiger partial charge in [0.1, 0.15) is 11.9 Å². The number of nitrogens with zero attached hydrogens (tertiary/aromatic N) is 2. The maximum Gasteiger partial charge on any atom is 0.289 e. The number of Topliss-reactive ketones (excluding diaryl/α,β-unsaturated/α-hetero) is 1. The number of allylic oxidation sites excluding steroid dienone is 1. The molecule has 1 aliphatic rings. The van der Waals surface area contributed by atoms with Crippen molar-refractivity contribution in [3.63, 3.8) is 0 Å². The lowest BCUT2D eigenvalue weighted by Gasteiger charge is -2.24. The molecule has 0 aromatic heterocycles. The smallest absolute Gasteiger partial charge is 0.289 e. The number of sulfonamides is 1. The highest BCUT2D eigenvalue weighted by Crippen LogP contribution is 2.14. The SMILES string of the molecule is C=CC1=NC(=NC)CCNC(=O)C(=O)C(NC(=O)C(CC(C)C)NS(=O)(=O)c2ccccc2)CCC1. The molecule has 2 unspecified atom stereocenters. The van der Waals surface area contributed by atoms with Crippen LogP contribution in [0.4, 0.5) is 0 Å². The summed E-state index contributed by atoms with van der Waals surface area (Å²) in [5, 5.41) is 5.16. The molecular weight excluding hydrogens is 482 g/mol. The number of rotatable bonds is 8. The maximum atomic E-state index is 13.2. The Morgan fingerprint density at radius 3 is 2.56 bits per heavy atom. The Labute approximate surface area is 212 Å². The van der Waals surface area contributed by atoms with Gasteiger partial charge in [-0.1, -0.05) is 38.6 Å². The standard InChI is InChI=1S/C25H35N5O5S/c1-5-18-10-9-13-20(23(31)25(33)27-15-14-22(26-4)28-18)29-24(32)21(16-17(2)3)30-36(34,35)19-11-7-6-8-12-19/h5-8,11-12,17,20-21,30H,1,9-10,13-16H2,2-4H3,(H,27,33)(H,29,32). The number of aliphatic imine (C=N–C) groups is 2. The highest BCUT2D eigenvalue weighted by molar-refractivity contribution is 7.89. The Bertz CT molecular complexity index is 1110. The molecule has 2 rings (SSSR count). The van der Waals surface area contributed by atoms with E-state index in [0.29, 0.717) is 30.8 Å². The molecule has 0 aliphatic carbocycles. The average molecular weight is 518 g/mol. The van der Waals surface area contributed by atoms with Crippen molar-refractivity contribution in [1.29, 1.82) is 0 Å². The zero-order valence-corrected chi connectivity index (χ0v) is 21.8. The fourth-order valence-electron chi connectivity index (χ4n) is 3.68. The van der Waals surface area contributed by atoms with Crippen molar-refractivity contribution in [2.24, 2.45) is 15.9 Å². The molecule has 0 radical (unpaired) electrons. The lowest BCUT2D eigenvalue weighted by atomic mass is 10.00. The van der Waals surface area contributed by atoms with Gasteiger partial charge in [-0.2, -0.15) is 4.72 Å². The fraction of sp³-hybridized carbons (Fsp3) is 0.480. The lowest BCUT2D eigenvalue weighted by molar-refractivity contribution is -0.140. The van der Waals surface area contributed by atoms with E-state index in [2.05, 4.69) is 31.9 Å². The van der Waals surface area contributed by atoms with Crippen molar-refractivity contribution in [2.75, 3.05) is 13.6 Å². The largest absolute Gasteiger partial charge is 0.349 e. The van der Waals surface area contributed by atoms with Crippen molar-refractivity contribution in [3.05, 3.63) is 43.0 Å². The van der Waals surface area contributed by atoms with Crippen LogP contribution in [0.5, 0.6) is 0 Å². The normalized spacial score (nSPS) is 20.1. The van der Waals surface area contributed by atoms with Gasteiger partial charge in [-0.15, -0.1) is 0 Å². The number of ketones is 1. The molecule has 2 amide bonds. The molecular formula is C25H35N5O5S. The number of amidine groups is 1. The van der Waals surface area contributed by atoms with Gasteiger partial charge in [0.25, 0.3) is 5.91 Å². The molecule has 36 heavy (non-hydrogen) atoms. The third kappa shape index (κ3) is 8.80. The number of hydrogen-bond donors (Lipinski definition) is 3. The fourth-order valence-corrected chi connectivity index (χ4v) is 4.91. The van der Waals surface area contributed by atoms with Crippen molar-refractivity contribution in [1.82, 2.24) is 15.4 Å². The average Bonchev–Trinajstić information content (AvgIpc) is 2.84. The van der Waals surface area contributed by atoms with E-state index in [9.17, 15) is 22.8 Å². The number of nitrogens with one attached hydrogen (secondary N) is 3. The quantitative estimate of drug-likeness (QED) is 0.450. The van der Waals surface area contributed by atoms with Gasteiger partial charge in [-0.3, -0.25) is 19.4 Å². The van der Waals surface area contributed by atoms with E-state index < -0.39 is 39.7 Å². The van der Waals surface area contributed by atoms with Crippen molar-refractivity contribution in [3.8, 4) is 0 Å². The van der Waals surface area contributed by atoms with Crippen molar-refractivity contribution < 1.29 is 22.8 Å². The highest BCUT2D eigenvalue weighted by atomic mass is 32.2. The Morgan fingerprint density at radius 1 is 1.25 bits per heavy atom. The van der Waals surface area contributed by atoms with Crippen LogP contribution >= 0.6 is 0 Å². The zero-order chi connectivity index (χ0) is 26.7. The van der Waals surface area contributed by atoms with Gasteiger partial charge in [0.15, 0.2) is 0 Å². The summed E-state index contributed by atoms with van der Waals surface area (Å²) in [6.07, 6.45) is 3.24. The van der Waals surface area contributed by atoms with Crippen molar-refractivity contribution >= 4 is 39.2 Å². The van der Waals surface area contributed by atoms with Crippen LogP contribution in [0.15, 0.2) is 57.9 Å². The Hall–Kier alpha value is -3.18. The number of carbonyl (C=O) groups is 3. The number of hydrogen-bond acceptors (Lipinski definition) is 6.